The minimum absolute atomic E-state index is 0.546. The van der Waals surface area contributed by atoms with Crippen molar-refractivity contribution in [2.45, 2.75) is 25.7 Å². The lowest BCUT2D eigenvalue weighted by Crippen LogP contribution is -2.30. The SMILES string of the molecule is CC(c1ccc(Cl)cn1)C1CCNCC1. The molecule has 0 amide bonds. The quantitative estimate of drug-likeness (QED) is 0.836. The molecule has 0 saturated carbocycles. The highest BCUT2D eigenvalue weighted by atomic mass is 35.5. The average molecular weight is 225 g/mol. The van der Waals surface area contributed by atoms with Gasteiger partial charge in [0.2, 0.25) is 0 Å². The highest BCUT2D eigenvalue weighted by Crippen LogP contribution is 2.29. The molecule has 1 atom stereocenters. The number of halogens is 1. The van der Waals surface area contributed by atoms with Gasteiger partial charge in [-0.1, -0.05) is 18.5 Å². The van der Waals surface area contributed by atoms with E-state index in [0.717, 1.165) is 24.0 Å². The molecule has 2 heterocycles. The van der Waals surface area contributed by atoms with E-state index in [9.17, 15) is 0 Å². The zero-order chi connectivity index (χ0) is 10.7. The number of aromatic nitrogens is 1. The van der Waals surface area contributed by atoms with Crippen LogP contribution in [0.15, 0.2) is 18.3 Å². The van der Waals surface area contributed by atoms with Gasteiger partial charge in [-0.3, -0.25) is 4.98 Å². The summed E-state index contributed by atoms with van der Waals surface area (Å²) in [4.78, 5) is 4.40. The van der Waals surface area contributed by atoms with Crippen LogP contribution in [0.5, 0.6) is 0 Å². The molecule has 15 heavy (non-hydrogen) atoms. The summed E-state index contributed by atoms with van der Waals surface area (Å²) in [5.41, 5.74) is 1.17. The summed E-state index contributed by atoms with van der Waals surface area (Å²) < 4.78 is 0. The Labute approximate surface area is 96.1 Å². The third-order valence-corrected chi connectivity index (χ3v) is 3.53. The molecule has 1 aliphatic rings. The molecule has 1 N–H and O–H groups in total. The van der Waals surface area contributed by atoms with Crippen LogP contribution >= 0.6 is 11.6 Å². The van der Waals surface area contributed by atoms with Crippen molar-refractivity contribution in [1.82, 2.24) is 10.3 Å². The third kappa shape index (κ3) is 2.70. The molecule has 0 bridgehead atoms. The third-order valence-electron chi connectivity index (χ3n) is 3.31. The van der Waals surface area contributed by atoms with Gasteiger partial charge in [0.25, 0.3) is 0 Å². The van der Waals surface area contributed by atoms with Crippen molar-refractivity contribution in [3.8, 4) is 0 Å². The molecule has 1 unspecified atom stereocenters. The number of hydrogen-bond acceptors (Lipinski definition) is 2. The van der Waals surface area contributed by atoms with Gasteiger partial charge in [-0.2, -0.15) is 0 Å². The molecule has 82 valence electrons. The number of piperidine rings is 1. The minimum atomic E-state index is 0.546. The van der Waals surface area contributed by atoms with Crippen LogP contribution in [-0.4, -0.2) is 18.1 Å². The Balaban J connectivity index is 2.05. The number of nitrogens with one attached hydrogen (secondary N) is 1. The molecule has 0 spiro atoms. The van der Waals surface area contributed by atoms with Crippen LogP contribution in [0.3, 0.4) is 0 Å². The van der Waals surface area contributed by atoms with Crippen LogP contribution < -0.4 is 5.32 Å². The van der Waals surface area contributed by atoms with E-state index in [2.05, 4.69) is 23.3 Å². The summed E-state index contributed by atoms with van der Waals surface area (Å²) in [6, 6.07) is 3.98. The fourth-order valence-electron chi connectivity index (χ4n) is 2.24. The van der Waals surface area contributed by atoms with Crippen LogP contribution in [0.4, 0.5) is 0 Å². The molecule has 1 aliphatic heterocycles. The first-order valence-corrected chi connectivity index (χ1v) is 5.97. The predicted molar refractivity (Wildman–Crippen MR) is 63.3 cm³/mol. The van der Waals surface area contributed by atoms with Gasteiger partial charge in [-0.05, 0) is 44.0 Å². The van der Waals surface area contributed by atoms with Crippen molar-refractivity contribution in [2.24, 2.45) is 5.92 Å². The van der Waals surface area contributed by atoms with Crippen LogP contribution in [0.25, 0.3) is 0 Å². The maximum atomic E-state index is 5.83. The lowest BCUT2D eigenvalue weighted by molar-refractivity contribution is 0.327. The molecule has 0 radical (unpaired) electrons. The fraction of sp³-hybridized carbons (Fsp3) is 0.583. The van der Waals surface area contributed by atoms with Gasteiger partial charge in [0.1, 0.15) is 0 Å². The standard InChI is InChI=1S/C12H17ClN2/c1-9(10-4-6-14-7-5-10)12-3-2-11(13)8-15-12/h2-3,8-10,14H,4-7H2,1H3. The summed E-state index contributed by atoms with van der Waals surface area (Å²) in [5, 5.41) is 4.11. The van der Waals surface area contributed by atoms with E-state index in [1.54, 1.807) is 6.20 Å². The number of pyridine rings is 1. The Hall–Kier alpha value is -0.600. The normalized spacial score (nSPS) is 20.1. The Morgan fingerprint density at radius 2 is 2.13 bits per heavy atom. The minimum Gasteiger partial charge on any atom is -0.317 e. The van der Waals surface area contributed by atoms with Crippen LogP contribution in [0.1, 0.15) is 31.4 Å². The molecule has 1 saturated heterocycles. The van der Waals surface area contributed by atoms with E-state index in [4.69, 9.17) is 11.6 Å². The van der Waals surface area contributed by atoms with Gasteiger partial charge in [0, 0.05) is 17.8 Å². The monoisotopic (exact) mass is 224 g/mol. The first-order chi connectivity index (χ1) is 7.27. The van der Waals surface area contributed by atoms with Crippen molar-refractivity contribution in [1.29, 1.82) is 0 Å². The van der Waals surface area contributed by atoms with Gasteiger partial charge < -0.3 is 5.32 Å². The van der Waals surface area contributed by atoms with Crippen LogP contribution in [-0.2, 0) is 0 Å². The fourth-order valence-corrected chi connectivity index (χ4v) is 2.35. The average Bonchev–Trinajstić information content (AvgIpc) is 2.30. The zero-order valence-electron chi connectivity index (χ0n) is 9.04. The van der Waals surface area contributed by atoms with E-state index in [1.807, 2.05) is 6.07 Å². The Kier molecular flexibility index (Phi) is 3.60. The van der Waals surface area contributed by atoms with E-state index >= 15 is 0 Å². The topological polar surface area (TPSA) is 24.9 Å². The van der Waals surface area contributed by atoms with Gasteiger partial charge in [0.15, 0.2) is 0 Å². The highest BCUT2D eigenvalue weighted by molar-refractivity contribution is 6.30. The zero-order valence-corrected chi connectivity index (χ0v) is 9.80. The van der Waals surface area contributed by atoms with Gasteiger partial charge in [-0.15, -0.1) is 0 Å². The summed E-state index contributed by atoms with van der Waals surface area (Å²) in [6.45, 7) is 4.55. The summed E-state index contributed by atoms with van der Waals surface area (Å²) in [6.07, 6.45) is 4.26. The Morgan fingerprint density at radius 1 is 1.40 bits per heavy atom. The van der Waals surface area contributed by atoms with E-state index in [0.29, 0.717) is 5.92 Å². The molecule has 2 nitrogen and oxygen atoms in total. The van der Waals surface area contributed by atoms with Crippen molar-refractivity contribution in [3.63, 3.8) is 0 Å². The summed E-state index contributed by atoms with van der Waals surface area (Å²) in [7, 11) is 0. The van der Waals surface area contributed by atoms with Gasteiger partial charge in [0.05, 0.1) is 5.02 Å². The molecule has 3 heteroatoms. The summed E-state index contributed by atoms with van der Waals surface area (Å²) in [5.74, 6) is 1.31. The number of rotatable bonds is 2. The van der Waals surface area contributed by atoms with Crippen LogP contribution in [0.2, 0.25) is 5.02 Å². The highest BCUT2D eigenvalue weighted by Gasteiger charge is 2.21. The van der Waals surface area contributed by atoms with Crippen molar-refractivity contribution in [2.75, 3.05) is 13.1 Å². The van der Waals surface area contributed by atoms with E-state index < -0.39 is 0 Å². The molecular weight excluding hydrogens is 208 g/mol. The second kappa shape index (κ2) is 4.95. The molecule has 1 aromatic rings. The lowest BCUT2D eigenvalue weighted by Gasteiger charge is -2.27. The van der Waals surface area contributed by atoms with Crippen molar-refractivity contribution >= 4 is 11.6 Å². The Morgan fingerprint density at radius 3 is 2.73 bits per heavy atom. The van der Waals surface area contributed by atoms with Crippen molar-refractivity contribution < 1.29 is 0 Å². The molecule has 1 fully saturated rings. The number of nitrogens with zero attached hydrogens (tertiary/aromatic N) is 1. The summed E-state index contributed by atoms with van der Waals surface area (Å²) >= 11 is 5.83. The first kappa shape index (κ1) is 10.9. The molecular formula is C12H17ClN2. The van der Waals surface area contributed by atoms with E-state index in [1.165, 1.54) is 18.5 Å². The van der Waals surface area contributed by atoms with E-state index in [-0.39, 0.29) is 0 Å². The smallest absolute Gasteiger partial charge is 0.0589 e. The second-order valence-electron chi connectivity index (χ2n) is 4.28. The molecule has 0 aliphatic carbocycles. The van der Waals surface area contributed by atoms with Gasteiger partial charge in [-0.25, -0.2) is 0 Å². The second-order valence-corrected chi connectivity index (χ2v) is 4.71. The van der Waals surface area contributed by atoms with Gasteiger partial charge >= 0.3 is 0 Å². The lowest BCUT2D eigenvalue weighted by atomic mass is 9.84. The number of hydrogen-bond donors (Lipinski definition) is 1. The molecule has 1 aromatic heterocycles. The maximum absolute atomic E-state index is 5.83. The largest absolute Gasteiger partial charge is 0.317 e. The first-order valence-electron chi connectivity index (χ1n) is 5.59. The molecule has 0 aromatic carbocycles. The maximum Gasteiger partial charge on any atom is 0.0589 e. The Bertz CT molecular complexity index is 304. The van der Waals surface area contributed by atoms with Crippen molar-refractivity contribution in [3.05, 3.63) is 29.0 Å². The molecule has 2 rings (SSSR count). The van der Waals surface area contributed by atoms with Crippen LogP contribution in [0, 0.1) is 5.92 Å². The predicted octanol–water partition coefficient (Wildman–Crippen LogP) is 2.84.